The molecule has 5 nitrogen and oxygen atoms in total. The first-order valence-electron chi connectivity index (χ1n) is 7.04. The van der Waals surface area contributed by atoms with Crippen LogP contribution in [0.2, 0.25) is 0 Å². The summed E-state index contributed by atoms with van der Waals surface area (Å²) < 4.78 is 11.5. The van der Waals surface area contributed by atoms with Gasteiger partial charge in [0.25, 0.3) is 5.91 Å². The van der Waals surface area contributed by atoms with E-state index in [9.17, 15) is 4.79 Å². The minimum atomic E-state index is -0.293. The zero-order valence-corrected chi connectivity index (χ0v) is 14.5. The Bertz CT molecular complexity index is 699. The number of amides is 1. The number of ether oxygens (including phenoxy) is 2. The number of halogens is 1. The van der Waals surface area contributed by atoms with E-state index in [0.29, 0.717) is 17.9 Å². The van der Waals surface area contributed by atoms with Crippen molar-refractivity contribution in [2.45, 2.75) is 6.92 Å². The maximum absolute atomic E-state index is 12.0. The summed E-state index contributed by atoms with van der Waals surface area (Å²) in [5, 5.41) is 3.97. The van der Waals surface area contributed by atoms with Crippen LogP contribution in [0.1, 0.15) is 22.8 Å². The first-order valence-corrected chi connectivity index (χ1v) is 7.83. The van der Waals surface area contributed by atoms with Gasteiger partial charge >= 0.3 is 0 Å². The number of carbonyl (C=O) groups is 1. The van der Waals surface area contributed by atoms with Gasteiger partial charge in [0, 0.05) is 15.6 Å². The van der Waals surface area contributed by atoms with Crippen LogP contribution in [-0.2, 0) is 0 Å². The fourth-order valence-corrected chi connectivity index (χ4v) is 2.28. The summed E-state index contributed by atoms with van der Waals surface area (Å²) in [6, 6.07) is 12.4. The van der Waals surface area contributed by atoms with Crippen molar-refractivity contribution in [3.8, 4) is 11.5 Å². The Hall–Kier alpha value is -2.34. The molecule has 0 aromatic heterocycles. The molecule has 0 saturated heterocycles. The number of carbonyl (C=O) groups excluding carboxylic acids is 1. The molecule has 0 fully saturated rings. The molecule has 0 saturated carbocycles. The summed E-state index contributed by atoms with van der Waals surface area (Å²) in [6.07, 6.45) is 1.54. The maximum Gasteiger partial charge on any atom is 0.271 e. The molecule has 23 heavy (non-hydrogen) atoms. The van der Waals surface area contributed by atoms with Crippen LogP contribution in [-0.4, -0.2) is 25.8 Å². The van der Waals surface area contributed by atoms with Gasteiger partial charge in [-0.25, -0.2) is 5.43 Å². The number of nitrogens with one attached hydrogen (secondary N) is 1. The highest BCUT2D eigenvalue weighted by atomic mass is 79.9. The number of nitrogens with zero attached hydrogens (tertiary/aromatic N) is 1. The van der Waals surface area contributed by atoms with Crippen LogP contribution in [0.5, 0.6) is 11.5 Å². The summed E-state index contributed by atoms with van der Waals surface area (Å²) in [4.78, 5) is 12.0. The molecule has 6 heteroatoms. The van der Waals surface area contributed by atoms with Crippen molar-refractivity contribution < 1.29 is 14.3 Å². The summed E-state index contributed by atoms with van der Waals surface area (Å²) in [5.41, 5.74) is 3.75. The van der Waals surface area contributed by atoms with Gasteiger partial charge in [-0.15, -0.1) is 0 Å². The van der Waals surface area contributed by atoms with E-state index in [0.717, 1.165) is 15.8 Å². The van der Waals surface area contributed by atoms with E-state index in [1.807, 2.05) is 25.1 Å². The smallest absolute Gasteiger partial charge is 0.271 e. The normalized spacial score (nSPS) is 10.6. The van der Waals surface area contributed by atoms with E-state index in [4.69, 9.17) is 9.47 Å². The van der Waals surface area contributed by atoms with Gasteiger partial charge in [-0.05, 0) is 49.4 Å². The van der Waals surface area contributed by atoms with Crippen LogP contribution < -0.4 is 14.9 Å². The minimum Gasteiger partial charge on any atom is -0.496 e. The zero-order valence-electron chi connectivity index (χ0n) is 12.9. The highest BCUT2D eigenvalue weighted by molar-refractivity contribution is 9.10. The second kappa shape index (κ2) is 8.33. The fourth-order valence-electron chi connectivity index (χ4n) is 1.90. The third-order valence-corrected chi connectivity index (χ3v) is 3.48. The molecular formula is C17H17BrN2O3. The van der Waals surface area contributed by atoms with Crippen LogP contribution >= 0.6 is 15.9 Å². The lowest BCUT2D eigenvalue weighted by atomic mass is 10.2. The Kier molecular flexibility index (Phi) is 6.17. The fraction of sp³-hybridized carbons (Fsp3) is 0.176. The van der Waals surface area contributed by atoms with E-state index in [2.05, 4.69) is 26.5 Å². The molecule has 2 rings (SSSR count). The number of hydrazone groups is 1. The molecule has 2 aromatic rings. The average Bonchev–Trinajstić information content (AvgIpc) is 2.56. The lowest BCUT2D eigenvalue weighted by Crippen LogP contribution is -2.17. The van der Waals surface area contributed by atoms with E-state index >= 15 is 0 Å². The van der Waals surface area contributed by atoms with E-state index in [1.54, 1.807) is 31.4 Å². The molecule has 1 N–H and O–H groups in total. The van der Waals surface area contributed by atoms with Gasteiger partial charge in [-0.1, -0.05) is 15.9 Å². The predicted octanol–water partition coefficient (Wildman–Crippen LogP) is 3.62. The van der Waals surface area contributed by atoms with Crippen molar-refractivity contribution in [1.82, 2.24) is 5.43 Å². The van der Waals surface area contributed by atoms with Gasteiger partial charge in [0.2, 0.25) is 0 Å². The average molecular weight is 377 g/mol. The van der Waals surface area contributed by atoms with Crippen LogP contribution in [0, 0.1) is 0 Å². The Morgan fingerprint density at radius 3 is 2.65 bits per heavy atom. The van der Waals surface area contributed by atoms with Crippen molar-refractivity contribution in [1.29, 1.82) is 0 Å². The maximum atomic E-state index is 12.0. The largest absolute Gasteiger partial charge is 0.496 e. The third-order valence-electron chi connectivity index (χ3n) is 2.99. The number of methoxy groups -OCH3 is 1. The summed E-state index contributed by atoms with van der Waals surface area (Å²) >= 11 is 3.39. The second-order valence-corrected chi connectivity index (χ2v) is 5.46. The second-order valence-electron chi connectivity index (χ2n) is 4.54. The molecule has 0 aliphatic carbocycles. The molecule has 0 spiro atoms. The predicted molar refractivity (Wildman–Crippen MR) is 93.4 cm³/mol. The van der Waals surface area contributed by atoms with Crippen molar-refractivity contribution >= 4 is 28.1 Å². The lowest BCUT2D eigenvalue weighted by Gasteiger charge is -2.05. The van der Waals surface area contributed by atoms with Crippen molar-refractivity contribution in [2.24, 2.45) is 5.10 Å². The number of hydrogen-bond acceptors (Lipinski definition) is 4. The molecule has 0 aliphatic heterocycles. The molecule has 120 valence electrons. The Labute approximate surface area is 143 Å². The molecule has 0 bridgehead atoms. The number of benzene rings is 2. The first kappa shape index (κ1) is 17.0. The summed E-state index contributed by atoms with van der Waals surface area (Å²) in [7, 11) is 1.58. The zero-order chi connectivity index (χ0) is 16.7. The quantitative estimate of drug-likeness (QED) is 0.618. The van der Waals surface area contributed by atoms with Crippen LogP contribution in [0.15, 0.2) is 52.0 Å². The van der Waals surface area contributed by atoms with Crippen molar-refractivity contribution in [2.75, 3.05) is 13.7 Å². The van der Waals surface area contributed by atoms with Crippen molar-refractivity contribution in [3.05, 3.63) is 58.1 Å². The standard InChI is InChI=1S/C17H17BrN2O3/c1-3-23-15-7-4-12(5-8-15)17(21)20-19-11-13-10-14(18)6-9-16(13)22-2/h4-11H,3H2,1-2H3,(H,20,21)/b19-11+. The molecule has 0 unspecified atom stereocenters. The summed E-state index contributed by atoms with van der Waals surface area (Å²) in [6.45, 7) is 2.50. The van der Waals surface area contributed by atoms with E-state index in [-0.39, 0.29) is 5.91 Å². The lowest BCUT2D eigenvalue weighted by molar-refractivity contribution is 0.0955. The van der Waals surface area contributed by atoms with E-state index in [1.165, 1.54) is 6.21 Å². The van der Waals surface area contributed by atoms with Gasteiger partial charge in [-0.2, -0.15) is 5.10 Å². The summed E-state index contributed by atoms with van der Waals surface area (Å²) in [5.74, 6) is 1.11. The van der Waals surface area contributed by atoms with Gasteiger partial charge in [0.05, 0.1) is 19.9 Å². The van der Waals surface area contributed by atoms with Gasteiger partial charge < -0.3 is 9.47 Å². The van der Waals surface area contributed by atoms with Crippen molar-refractivity contribution in [3.63, 3.8) is 0 Å². The molecular weight excluding hydrogens is 360 g/mol. The van der Waals surface area contributed by atoms with Gasteiger partial charge in [0.1, 0.15) is 11.5 Å². The number of rotatable bonds is 6. The number of hydrogen-bond donors (Lipinski definition) is 1. The first-order chi connectivity index (χ1) is 11.1. The monoisotopic (exact) mass is 376 g/mol. The van der Waals surface area contributed by atoms with Crippen LogP contribution in [0.3, 0.4) is 0 Å². The van der Waals surface area contributed by atoms with Gasteiger partial charge in [-0.3, -0.25) is 4.79 Å². The van der Waals surface area contributed by atoms with Crippen LogP contribution in [0.4, 0.5) is 0 Å². The SMILES string of the molecule is CCOc1ccc(C(=O)N/N=C/c2cc(Br)ccc2OC)cc1. The molecule has 0 atom stereocenters. The minimum absolute atomic E-state index is 0.293. The topological polar surface area (TPSA) is 59.9 Å². The molecule has 0 heterocycles. The Morgan fingerprint density at radius 2 is 2.00 bits per heavy atom. The van der Waals surface area contributed by atoms with E-state index < -0.39 is 0 Å². The molecule has 0 radical (unpaired) electrons. The Balaban J connectivity index is 2.02. The third kappa shape index (κ3) is 4.82. The van der Waals surface area contributed by atoms with Gasteiger partial charge in [0.15, 0.2) is 0 Å². The molecule has 2 aromatic carbocycles. The Morgan fingerprint density at radius 1 is 1.26 bits per heavy atom. The van der Waals surface area contributed by atoms with Crippen LogP contribution in [0.25, 0.3) is 0 Å². The highest BCUT2D eigenvalue weighted by Crippen LogP contribution is 2.21. The molecule has 0 aliphatic rings. The highest BCUT2D eigenvalue weighted by Gasteiger charge is 2.05. The molecule has 1 amide bonds.